The van der Waals surface area contributed by atoms with E-state index in [1.807, 2.05) is 6.07 Å². The Balaban J connectivity index is 1.58. The summed E-state index contributed by atoms with van der Waals surface area (Å²) in [6.45, 7) is 0.212. The van der Waals surface area contributed by atoms with Crippen molar-refractivity contribution in [2.45, 2.75) is 0 Å². The van der Waals surface area contributed by atoms with Gasteiger partial charge in [0.2, 0.25) is 6.79 Å². The Morgan fingerprint density at radius 1 is 1.17 bits per heavy atom. The number of benzene rings is 2. The second kappa shape index (κ2) is 6.65. The predicted molar refractivity (Wildman–Crippen MR) is 85.4 cm³/mol. The lowest BCUT2D eigenvalue weighted by atomic mass is 10.2. The van der Waals surface area contributed by atoms with Crippen LogP contribution in [0.15, 0.2) is 53.6 Å². The van der Waals surface area contributed by atoms with Gasteiger partial charge >= 0.3 is 0 Å². The lowest BCUT2D eigenvalue weighted by molar-refractivity contribution is -0.116. The third-order valence-corrected chi connectivity index (χ3v) is 3.14. The molecule has 0 radical (unpaired) electrons. The van der Waals surface area contributed by atoms with Crippen LogP contribution in [0.3, 0.4) is 0 Å². The molecule has 3 rings (SSSR count). The number of carbonyl (C=O) groups excluding carboxylic acids is 1. The number of hydrogen-bond acceptors (Lipinski definition) is 5. The molecule has 1 aliphatic heterocycles. The van der Waals surface area contributed by atoms with Crippen molar-refractivity contribution >= 4 is 18.2 Å². The van der Waals surface area contributed by atoms with Gasteiger partial charge in [0.25, 0.3) is 5.91 Å². The summed E-state index contributed by atoms with van der Waals surface area (Å²) in [5.41, 5.74) is 3.69. The zero-order valence-electron chi connectivity index (χ0n) is 12.1. The fraction of sp³-hybridized carbons (Fsp3) is 0.0588. The van der Waals surface area contributed by atoms with E-state index in [-0.39, 0.29) is 18.4 Å². The number of carbonyl (C=O) groups is 1. The first-order chi connectivity index (χ1) is 11.2. The summed E-state index contributed by atoms with van der Waals surface area (Å²) in [4.78, 5) is 11.7. The Morgan fingerprint density at radius 2 is 2.00 bits per heavy atom. The topological polar surface area (TPSA) is 80.2 Å². The molecule has 1 amide bonds. The van der Waals surface area contributed by atoms with Gasteiger partial charge in [-0.05, 0) is 35.9 Å². The summed E-state index contributed by atoms with van der Waals surface area (Å²) >= 11 is 0. The first-order valence-corrected chi connectivity index (χ1v) is 6.91. The van der Waals surface area contributed by atoms with Gasteiger partial charge in [-0.25, -0.2) is 5.43 Å². The number of nitrogens with zero attached hydrogens (tertiary/aromatic N) is 1. The van der Waals surface area contributed by atoms with E-state index in [4.69, 9.17) is 9.47 Å². The fourth-order valence-corrected chi connectivity index (χ4v) is 1.99. The highest BCUT2D eigenvalue weighted by Gasteiger charge is 2.12. The minimum atomic E-state index is -0.380. The van der Waals surface area contributed by atoms with Crippen LogP contribution in [0, 0.1) is 0 Å². The summed E-state index contributed by atoms with van der Waals surface area (Å²) in [6, 6.07) is 12.1. The van der Waals surface area contributed by atoms with Crippen LogP contribution >= 0.6 is 0 Å². The number of fused-ring (bicyclic) bond motifs is 1. The van der Waals surface area contributed by atoms with Crippen molar-refractivity contribution in [2.24, 2.45) is 5.10 Å². The average Bonchev–Trinajstić information content (AvgIpc) is 3.02. The summed E-state index contributed by atoms with van der Waals surface area (Å²) in [7, 11) is 0. The molecule has 23 heavy (non-hydrogen) atoms. The smallest absolute Gasteiger partial charge is 0.264 e. The summed E-state index contributed by atoms with van der Waals surface area (Å²) < 4.78 is 10.5. The van der Waals surface area contributed by atoms with Crippen LogP contribution in [0.2, 0.25) is 0 Å². The van der Waals surface area contributed by atoms with Crippen molar-refractivity contribution in [3.8, 4) is 17.2 Å². The van der Waals surface area contributed by atoms with Crippen LogP contribution in [0.5, 0.6) is 17.2 Å². The Bertz CT molecular complexity index is 784. The van der Waals surface area contributed by atoms with Gasteiger partial charge in [-0.2, -0.15) is 5.10 Å². The average molecular weight is 310 g/mol. The molecule has 2 aromatic carbocycles. The highest BCUT2D eigenvalue weighted by Crippen LogP contribution is 2.32. The molecule has 0 saturated heterocycles. The van der Waals surface area contributed by atoms with E-state index in [9.17, 15) is 9.90 Å². The lowest BCUT2D eigenvalue weighted by Gasteiger charge is -1.98. The van der Waals surface area contributed by atoms with Crippen molar-refractivity contribution in [3.05, 3.63) is 59.7 Å². The second-order valence-electron chi connectivity index (χ2n) is 4.74. The molecule has 1 aliphatic rings. The molecule has 2 N–H and O–H groups in total. The van der Waals surface area contributed by atoms with E-state index in [0.717, 1.165) is 5.56 Å². The Hall–Kier alpha value is -3.28. The zero-order chi connectivity index (χ0) is 16.1. The molecule has 2 aromatic rings. The third kappa shape index (κ3) is 3.68. The molecule has 0 bridgehead atoms. The molecule has 6 nitrogen and oxygen atoms in total. The number of hydrogen-bond donors (Lipinski definition) is 2. The van der Waals surface area contributed by atoms with Crippen LogP contribution in [0.25, 0.3) is 6.08 Å². The molecule has 0 spiro atoms. The van der Waals surface area contributed by atoms with Crippen molar-refractivity contribution in [3.63, 3.8) is 0 Å². The van der Waals surface area contributed by atoms with Crippen LogP contribution < -0.4 is 14.9 Å². The minimum absolute atomic E-state index is 0.0985. The standard InChI is InChI=1S/C17H14N2O4/c20-14-4-2-1-3-13(14)10-18-19-17(21)8-6-12-5-7-15-16(9-12)23-11-22-15/h1-10,20H,11H2,(H,19,21)/b8-6+,18-10+. The van der Waals surface area contributed by atoms with Crippen LogP contribution in [0.1, 0.15) is 11.1 Å². The molecule has 0 saturated carbocycles. The monoisotopic (exact) mass is 310 g/mol. The van der Waals surface area contributed by atoms with Gasteiger partial charge < -0.3 is 14.6 Å². The highest BCUT2D eigenvalue weighted by molar-refractivity contribution is 5.93. The van der Waals surface area contributed by atoms with Crippen molar-refractivity contribution in [2.75, 3.05) is 6.79 Å². The number of phenols is 1. The van der Waals surface area contributed by atoms with Gasteiger partial charge in [-0.15, -0.1) is 0 Å². The maximum Gasteiger partial charge on any atom is 0.264 e. The SMILES string of the molecule is O=C(/C=C/c1ccc2c(c1)OCO2)N/N=C/c1ccccc1O. The number of hydrazone groups is 1. The number of para-hydroxylation sites is 1. The first-order valence-electron chi connectivity index (χ1n) is 6.91. The number of aromatic hydroxyl groups is 1. The molecule has 1 heterocycles. The van der Waals surface area contributed by atoms with Crippen molar-refractivity contribution in [1.29, 1.82) is 0 Å². The van der Waals surface area contributed by atoms with Gasteiger partial charge in [-0.1, -0.05) is 18.2 Å². The van der Waals surface area contributed by atoms with Crippen LogP contribution in [-0.2, 0) is 4.79 Å². The zero-order valence-corrected chi connectivity index (χ0v) is 12.1. The van der Waals surface area contributed by atoms with Crippen LogP contribution in [-0.4, -0.2) is 24.0 Å². The Morgan fingerprint density at radius 3 is 2.87 bits per heavy atom. The third-order valence-electron chi connectivity index (χ3n) is 3.14. The largest absolute Gasteiger partial charge is 0.507 e. The van der Waals surface area contributed by atoms with E-state index in [2.05, 4.69) is 10.5 Å². The maximum atomic E-state index is 11.7. The second-order valence-corrected chi connectivity index (χ2v) is 4.74. The van der Waals surface area contributed by atoms with E-state index in [0.29, 0.717) is 17.1 Å². The quantitative estimate of drug-likeness (QED) is 0.516. The molecule has 0 fully saturated rings. The molecular weight excluding hydrogens is 296 g/mol. The number of ether oxygens (including phenoxy) is 2. The summed E-state index contributed by atoms with van der Waals surface area (Å²) in [5, 5.41) is 13.4. The molecule has 0 aromatic heterocycles. The van der Waals surface area contributed by atoms with Crippen LogP contribution in [0.4, 0.5) is 0 Å². The molecule has 116 valence electrons. The molecule has 6 heteroatoms. The summed E-state index contributed by atoms with van der Waals surface area (Å²) in [5.74, 6) is 1.07. The Labute approximate surface area is 132 Å². The van der Waals surface area contributed by atoms with E-state index in [1.54, 1.807) is 42.5 Å². The van der Waals surface area contributed by atoms with E-state index >= 15 is 0 Å². The maximum absolute atomic E-state index is 11.7. The number of nitrogens with one attached hydrogen (secondary N) is 1. The number of amides is 1. The lowest BCUT2D eigenvalue weighted by Crippen LogP contribution is -2.14. The van der Waals surface area contributed by atoms with E-state index in [1.165, 1.54) is 12.3 Å². The number of phenolic OH excluding ortho intramolecular Hbond substituents is 1. The minimum Gasteiger partial charge on any atom is -0.507 e. The van der Waals surface area contributed by atoms with Gasteiger partial charge in [0.15, 0.2) is 11.5 Å². The number of rotatable bonds is 4. The molecule has 0 atom stereocenters. The predicted octanol–water partition coefficient (Wildman–Crippen LogP) is 2.28. The van der Waals surface area contributed by atoms with E-state index < -0.39 is 0 Å². The summed E-state index contributed by atoms with van der Waals surface area (Å²) in [6.07, 6.45) is 4.38. The van der Waals surface area contributed by atoms with Gasteiger partial charge in [0.05, 0.1) is 6.21 Å². The van der Waals surface area contributed by atoms with Gasteiger partial charge in [0, 0.05) is 11.6 Å². The molecule has 0 unspecified atom stereocenters. The van der Waals surface area contributed by atoms with Crippen molar-refractivity contribution in [1.82, 2.24) is 5.43 Å². The highest BCUT2D eigenvalue weighted by atomic mass is 16.7. The van der Waals surface area contributed by atoms with Gasteiger partial charge in [0.1, 0.15) is 5.75 Å². The van der Waals surface area contributed by atoms with Crippen molar-refractivity contribution < 1.29 is 19.4 Å². The Kier molecular flexibility index (Phi) is 4.24. The fourth-order valence-electron chi connectivity index (χ4n) is 1.99. The first kappa shape index (κ1) is 14.6. The van der Waals surface area contributed by atoms with Gasteiger partial charge in [-0.3, -0.25) is 4.79 Å². The molecular formula is C17H14N2O4. The normalized spacial score (nSPS) is 12.9. The molecule has 0 aliphatic carbocycles.